The summed E-state index contributed by atoms with van der Waals surface area (Å²) in [4.78, 5) is 8.57. The molecule has 1 aromatic carbocycles. The number of halogens is 6. The summed E-state index contributed by atoms with van der Waals surface area (Å²) in [5.41, 5.74) is -3.00. The highest BCUT2D eigenvalue weighted by Gasteiger charge is 2.81. The van der Waals surface area contributed by atoms with Crippen LogP contribution < -0.4 is 4.57 Å². The Balaban J connectivity index is 1.77. The Bertz CT molecular complexity index is 1490. The minimum absolute atomic E-state index is 0.120. The van der Waals surface area contributed by atoms with Gasteiger partial charge in [0.15, 0.2) is 12.4 Å². The van der Waals surface area contributed by atoms with Crippen LogP contribution in [0.2, 0.25) is 0 Å². The van der Waals surface area contributed by atoms with E-state index in [9.17, 15) is 8.78 Å². The summed E-state index contributed by atoms with van der Waals surface area (Å²) >= 11 is 1.94. The molecule has 3 aromatic heterocycles. The summed E-state index contributed by atoms with van der Waals surface area (Å²) in [6.45, 7) is 2.80. The van der Waals surface area contributed by atoms with Gasteiger partial charge in [0, 0.05) is 33.0 Å². The quantitative estimate of drug-likeness (QED) is 0.203. The molecule has 0 atom stereocenters. The number of hydrogen-bond acceptors (Lipinski definition) is 4. The Hall–Kier alpha value is -3.05. The molecule has 0 N–H and O–H groups in total. The molecule has 3 heterocycles. The summed E-state index contributed by atoms with van der Waals surface area (Å²) < 4.78 is 92.3. The molecule has 0 fully saturated rings. The molecule has 0 radical (unpaired) electrons. The number of alkyl halides is 6. The summed E-state index contributed by atoms with van der Waals surface area (Å²) in [6.07, 6.45) is 3.40. The highest BCUT2D eigenvalue weighted by atomic mass is 32.1. The van der Waals surface area contributed by atoms with Crippen molar-refractivity contribution < 1.29 is 30.9 Å². The van der Waals surface area contributed by atoms with Crippen molar-refractivity contribution in [3.63, 3.8) is 0 Å². The molecule has 0 bridgehead atoms. The van der Waals surface area contributed by atoms with Crippen LogP contribution in [0.1, 0.15) is 21.1 Å². The molecule has 186 valence electrons. The van der Waals surface area contributed by atoms with Crippen LogP contribution in [0.4, 0.5) is 26.3 Å². The fraction of sp³-hybridized carbons (Fsp3) is 0.240. The SMILES string of the molecule is Cc1sc(-c2ccccc2)nc1C1=C(c2nc(-c3cc[n+](C)cc3)sc2C)C(F)(F)C(F)(F)C1(F)F. The average molecular weight is 539 g/mol. The van der Waals surface area contributed by atoms with Gasteiger partial charge in [-0.2, -0.15) is 26.3 Å². The zero-order valence-corrected chi connectivity index (χ0v) is 20.8. The third-order valence-electron chi connectivity index (χ3n) is 5.98. The van der Waals surface area contributed by atoms with Gasteiger partial charge in [-0.05, 0) is 13.8 Å². The molecule has 0 unspecified atom stereocenters. The molecule has 36 heavy (non-hydrogen) atoms. The monoisotopic (exact) mass is 538 g/mol. The third-order valence-corrected chi connectivity index (χ3v) is 8.02. The highest BCUT2D eigenvalue weighted by molar-refractivity contribution is 7.15. The first-order chi connectivity index (χ1) is 16.9. The van der Waals surface area contributed by atoms with Crippen LogP contribution in [-0.4, -0.2) is 27.7 Å². The van der Waals surface area contributed by atoms with E-state index in [1.165, 1.54) is 13.8 Å². The molecular weight excluding hydrogens is 520 g/mol. The summed E-state index contributed by atoms with van der Waals surface area (Å²) in [6, 6.07) is 11.8. The van der Waals surface area contributed by atoms with Gasteiger partial charge < -0.3 is 0 Å². The molecule has 3 nitrogen and oxygen atoms in total. The van der Waals surface area contributed by atoms with Gasteiger partial charge in [0.1, 0.15) is 17.1 Å². The molecular formula is C25H18F6N3S2+. The van der Waals surface area contributed by atoms with Crippen LogP contribution in [-0.2, 0) is 7.05 Å². The number of benzene rings is 1. The van der Waals surface area contributed by atoms with E-state index in [-0.39, 0.29) is 19.8 Å². The molecule has 0 saturated heterocycles. The first kappa shape index (κ1) is 24.6. The maximum atomic E-state index is 15.3. The zero-order chi connectivity index (χ0) is 26.0. The van der Waals surface area contributed by atoms with Gasteiger partial charge in [0.25, 0.3) is 0 Å². The van der Waals surface area contributed by atoms with E-state index in [4.69, 9.17) is 0 Å². The smallest absolute Gasteiger partial charge is 0.236 e. The number of hydrogen-bond donors (Lipinski definition) is 0. The van der Waals surface area contributed by atoms with E-state index < -0.39 is 40.3 Å². The van der Waals surface area contributed by atoms with Gasteiger partial charge in [0.2, 0.25) is 0 Å². The van der Waals surface area contributed by atoms with Crippen LogP contribution >= 0.6 is 22.7 Å². The fourth-order valence-corrected chi connectivity index (χ4v) is 5.94. The number of rotatable bonds is 4. The zero-order valence-electron chi connectivity index (χ0n) is 19.1. The van der Waals surface area contributed by atoms with Crippen molar-refractivity contribution in [1.29, 1.82) is 0 Å². The first-order valence-corrected chi connectivity index (χ1v) is 12.3. The van der Waals surface area contributed by atoms with Crippen molar-refractivity contribution in [3.05, 3.63) is 76.0 Å². The molecule has 11 heteroatoms. The standard InChI is InChI=1S/C25H18F6N3S2/c1-13-19(32-21(35-13)15-7-5-4-6-8-15)17-18(24(28,29)25(30,31)23(17,26)27)20-14(2)36-22(33-20)16-9-11-34(3)12-10-16/h4-12H,1-3H3/q+1. The number of pyridine rings is 1. The van der Waals surface area contributed by atoms with E-state index in [0.717, 1.165) is 22.7 Å². The third kappa shape index (κ3) is 3.51. The van der Waals surface area contributed by atoms with Crippen molar-refractivity contribution in [3.8, 4) is 21.1 Å². The number of thiazole rings is 2. The largest absolute Gasteiger partial charge is 0.380 e. The number of aryl methyl sites for hydroxylation is 3. The van der Waals surface area contributed by atoms with E-state index in [1.54, 1.807) is 66.5 Å². The van der Waals surface area contributed by atoms with Crippen molar-refractivity contribution in [1.82, 2.24) is 9.97 Å². The Morgan fingerprint density at radius 3 is 1.53 bits per heavy atom. The van der Waals surface area contributed by atoms with Gasteiger partial charge in [-0.1, -0.05) is 30.3 Å². The Labute approximate surface area is 210 Å². The highest BCUT2D eigenvalue weighted by Crippen LogP contribution is 2.65. The van der Waals surface area contributed by atoms with Crippen LogP contribution in [0.3, 0.4) is 0 Å². The second kappa shape index (κ2) is 8.24. The maximum absolute atomic E-state index is 15.3. The van der Waals surface area contributed by atoms with Crippen LogP contribution in [0.15, 0.2) is 54.9 Å². The molecule has 0 aliphatic heterocycles. The number of nitrogens with zero attached hydrogens (tertiary/aromatic N) is 3. The first-order valence-electron chi connectivity index (χ1n) is 10.7. The van der Waals surface area contributed by atoms with E-state index in [0.29, 0.717) is 11.1 Å². The van der Waals surface area contributed by atoms with Crippen LogP contribution in [0.5, 0.6) is 0 Å². The molecule has 1 aliphatic carbocycles. The van der Waals surface area contributed by atoms with Crippen molar-refractivity contribution in [2.75, 3.05) is 0 Å². The number of aromatic nitrogens is 3. The lowest BCUT2D eigenvalue weighted by atomic mass is 10.0. The summed E-state index contributed by atoms with van der Waals surface area (Å²) in [5, 5.41) is 0.515. The molecule has 1 aliphatic rings. The van der Waals surface area contributed by atoms with E-state index in [1.807, 2.05) is 0 Å². The fourth-order valence-electron chi connectivity index (χ4n) is 4.09. The summed E-state index contributed by atoms with van der Waals surface area (Å²) in [7, 11) is 1.78. The van der Waals surface area contributed by atoms with Gasteiger partial charge >= 0.3 is 17.8 Å². The lowest BCUT2D eigenvalue weighted by Crippen LogP contribution is -2.49. The molecule has 0 amide bonds. The van der Waals surface area contributed by atoms with Crippen molar-refractivity contribution >= 4 is 33.8 Å². The Kier molecular flexibility index (Phi) is 5.64. The van der Waals surface area contributed by atoms with Crippen molar-refractivity contribution in [2.45, 2.75) is 31.6 Å². The predicted molar refractivity (Wildman–Crippen MR) is 127 cm³/mol. The second-order valence-corrected chi connectivity index (χ2v) is 10.8. The lowest BCUT2D eigenvalue weighted by Gasteiger charge is -2.25. The normalized spacial score (nSPS) is 18.1. The molecule has 4 aromatic rings. The Morgan fingerprint density at radius 1 is 0.667 bits per heavy atom. The van der Waals surface area contributed by atoms with Gasteiger partial charge in [-0.15, -0.1) is 22.7 Å². The van der Waals surface area contributed by atoms with E-state index in [2.05, 4.69) is 9.97 Å². The Morgan fingerprint density at radius 2 is 1.08 bits per heavy atom. The van der Waals surface area contributed by atoms with Crippen LogP contribution in [0, 0.1) is 13.8 Å². The van der Waals surface area contributed by atoms with Crippen LogP contribution in [0.25, 0.3) is 32.3 Å². The number of allylic oxidation sites excluding steroid dienone is 2. The molecule has 0 saturated carbocycles. The minimum Gasteiger partial charge on any atom is -0.236 e. The van der Waals surface area contributed by atoms with Crippen molar-refractivity contribution in [2.24, 2.45) is 7.05 Å². The maximum Gasteiger partial charge on any atom is 0.380 e. The molecule has 5 rings (SSSR count). The topological polar surface area (TPSA) is 29.7 Å². The van der Waals surface area contributed by atoms with Gasteiger partial charge in [0.05, 0.1) is 22.5 Å². The second-order valence-electron chi connectivity index (χ2n) is 8.44. The van der Waals surface area contributed by atoms with Gasteiger partial charge in [-0.25, -0.2) is 14.5 Å². The lowest BCUT2D eigenvalue weighted by molar-refractivity contribution is -0.671. The van der Waals surface area contributed by atoms with Gasteiger partial charge in [-0.3, -0.25) is 0 Å². The van der Waals surface area contributed by atoms with E-state index >= 15 is 17.6 Å². The molecule has 0 spiro atoms. The predicted octanol–water partition coefficient (Wildman–Crippen LogP) is 7.21. The summed E-state index contributed by atoms with van der Waals surface area (Å²) in [5.74, 6) is -16.0. The minimum atomic E-state index is -5.66. The average Bonchev–Trinajstić information content (AvgIpc) is 3.42.